The Morgan fingerprint density at radius 2 is 2.00 bits per heavy atom. The zero-order chi connectivity index (χ0) is 17.1. The molecular formula is C17H14N6O2. The van der Waals surface area contributed by atoms with Crippen LogP contribution < -0.4 is 5.32 Å². The third-order valence-corrected chi connectivity index (χ3v) is 3.72. The van der Waals surface area contributed by atoms with Gasteiger partial charge in [0.15, 0.2) is 11.9 Å². The highest BCUT2D eigenvalue weighted by atomic mass is 16.6. The number of rotatable bonds is 4. The second-order valence-corrected chi connectivity index (χ2v) is 5.42. The van der Waals surface area contributed by atoms with Crippen molar-refractivity contribution >= 4 is 17.6 Å². The lowest BCUT2D eigenvalue weighted by Gasteiger charge is -2.07. The first-order chi connectivity index (χ1) is 12.3. The zero-order valence-corrected chi connectivity index (χ0v) is 13.1. The molecule has 1 aromatic carbocycles. The monoisotopic (exact) mass is 334 g/mol. The van der Waals surface area contributed by atoms with Crippen molar-refractivity contribution in [2.24, 2.45) is 5.16 Å². The lowest BCUT2D eigenvalue weighted by molar-refractivity contribution is -0.110. The van der Waals surface area contributed by atoms with Gasteiger partial charge >= 0.3 is 0 Å². The van der Waals surface area contributed by atoms with Gasteiger partial charge in [-0.3, -0.25) is 20.2 Å². The Hall–Kier alpha value is -3.55. The van der Waals surface area contributed by atoms with Crippen molar-refractivity contribution < 1.29 is 9.63 Å². The summed E-state index contributed by atoms with van der Waals surface area (Å²) in [6, 6.07) is 15.1. The average Bonchev–Trinajstić information content (AvgIpc) is 3.33. The molecule has 0 spiro atoms. The largest absolute Gasteiger partial charge is 0.387 e. The Morgan fingerprint density at radius 3 is 2.80 bits per heavy atom. The number of H-pyrrole nitrogens is 1. The summed E-state index contributed by atoms with van der Waals surface area (Å²) in [5, 5.41) is 13.2. The van der Waals surface area contributed by atoms with E-state index in [1.54, 1.807) is 12.3 Å². The molecule has 1 aliphatic heterocycles. The van der Waals surface area contributed by atoms with Crippen molar-refractivity contribution in [2.45, 2.75) is 12.5 Å². The Morgan fingerprint density at radius 1 is 1.16 bits per heavy atom. The van der Waals surface area contributed by atoms with E-state index in [9.17, 15) is 4.79 Å². The van der Waals surface area contributed by atoms with Crippen LogP contribution in [0.3, 0.4) is 0 Å². The van der Waals surface area contributed by atoms with E-state index in [1.807, 2.05) is 42.5 Å². The van der Waals surface area contributed by atoms with Gasteiger partial charge < -0.3 is 4.84 Å². The number of anilines is 1. The van der Waals surface area contributed by atoms with Crippen LogP contribution in [0.1, 0.15) is 18.1 Å². The number of nitrogens with zero attached hydrogens (tertiary/aromatic N) is 4. The molecule has 25 heavy (non-hydrogen) atoms. The van der Waals surface area contributed by atoms with E-state index in [0.717, 1.165) is 5.56 Å². The lowest BCUT2D eigenvalue weighted by Crippen LogP contribution is -2.22. The summed E-state index contributed by atoms with van der Waals surface area (Å²) >= 11 is 0. The van der Waals surface area contributed by atoms with Crippen LogP contribution in [0.15, 0.2) is 59.9 Å². The smallest absolute Gasteiger partial charge is 0.276 e. The topological polar surface area (TPSA) is 105 Å². The Balaban J connectivity index is 1.41. The van der Waals surface area contributed by atoms with Crippen LogP contribution in [0.25, 0.3) is 11.5 Å². The Labute approximate surface area is 143 Å². The molecule has 0 saturated carbocycles. The first-order valence-corrected chi connectivity index (χ1v) is 7.72. The number of aromatic nitrogens is 4. The fourth-order valence-corrected chi connectivity index (χ4v) is 2.47. The van der Waals surface area contributed by atoms with E-state index in [-0.39, 0.29) is 18.0 Å². The molecule has 1 aliphatic rings. The average molecular weight is 334 g/mol. The van der Waals surface area contributed by atoms with Crippen molar-refractivity contribution in [2.75, 3.05) is 5.32 Å². The van der Waals surface area contributed by atoms with Gasteiger partial charge in [0.25, 0.3) is 5.91 Å². The fraction of sp³-hybridized carbons (Fsp3) is 0.118. The number of oxime groups is 1. The maximum atomic E-state index is 12.3. The minimum Gasteiger partial charge on any atom is -0.387 e. The number of pyridine rings is 1. The summed E-state index contributed by atoms with van der Waals surface area (Å²) in [4.78, 5) is 26.0. The highest BCUT2D eigenvalue weighted by Crippen LogP contribution is 2.27. The van der Waals surface area contributed by atoms with Crippen molar-refractivity contribution in [3.8, 4) is 11.5 Å². The highest BCUT2D eigenvalue weighted by molar-refractivity contribution is 6.43. The molecule has 0 radical (unpaired) electrons. The maximum absolute atomic E-state index is 12.3. The predicted octanol–water partition coefficient (Wildman–Crippen LogP) is 2.32. The van der Waals surface area contributed by atoms with E-state index < -0.39 is 0 Å². The molecule has 2 N–H and O–H groups in total. The Kier molecular flexibility index (Phi) is 3.91. The molecule has 4 rings (SSSR count). The number of benzene rings is 1. The number of carbonyl (C=O) groups is 1. The number of hydrogen-bond donors (Lipinski definition) is 2. The standard InChI is InChI=1S/C17H14N6O2/c24-16(13-10-14(25-23-13)11-6-2-1-3-7-11)20-17-19-15(21-22-17)12-8-4-5-9-18-12/h1-9,14H,10H2,(H2,19,20,21,22,24). The number of nitrogens with one attached hydrogen (secondary N) is 2. The molecule has 0 bridgehead atoms. The second-order valence-electron chi connectivity index (χ2n) is 5.42. The summed E-state index contributed by atoms with van der Waals surface area (Å²) in [7, 11) is 0. The molecule has 0 saturated heterocycles. The third-order valence-electron chi connectivity index (χ3n) is 3.72. The Bertz CT molecular complexity index is 907. The van der Waals surface area contributed by atoms with E-state index >= 15 is 0 Å². The second kappa shape index (κ2) is 6.52. The summed E-state index contributed by atoms with van der Waals surface area (Å²) in [6.45, 7) is 0. The number of amides is 1. The molecule has 3 aromatic rings. The van der Waals surface area contributed by atoms with Gasteiger partial charge in [0.05, 0.1) is 0 Å². The first-order valence-electron chi connectivity index (χ1n) is 7.72. The quantitative estimate of drug-likeness (QED) is 0.762. The van der Waals surface area contributed by atoms with Gasteiger partial charge in [0.1, 0.15) is 11.4 Å². The molecule has 0 fully saturated rings. The molecule has 3 heterocycles. The van der Waals surface area contributed by atoms with Crippen LogP contribution in [0.2, 0.25) is 0 Å². The van der Waals surface area contributed by atoms with Crippen molar-refractivity contribution in [3.63, 3.8) is 0 Å². The van der Waals surface area contributed by atoms with Crippen molar-refractivity contribution in [3.05, 3.63) is 60.3 Å². The van der Waals surface area contributed by atoms with Gasteiger partial charge in [-0.15, -0.1) is 5.10 Å². The van der Waals surface area contributed by atoms with Crippen LogP contribution in [0, 0.1) is 0 Å². The van der Waals surface area contributed by atoms with Gasteiger partial charge in [-0.2, -0.15) is 4.98 Å². The van der Waals surface area contributed by atoms with Crippen LogP contribution in [0.5, 0.6) is 0 Å². The molecule has 8 nitrogen and oxygen atoms in total. The van der Waals surface area contributed by atoms with Crippen LogP contribution in [0.4, 0.5) is 5.95 Å². The van der Waals surface area contributed by atoms with Crippen molar-refractivity contribution in [1.82, 2.24) is 20.2 Å². The summed E-state index contributed by atoms with van der Waals surface area (Å²) < 4.78 is 0. The van der Waals surface area contributed by atoms with Crippen LogP contribution in [-0.2, 0) is 9.63 Å². The number of carbonyl (C=O) groups excluding carboxylic acids is 1. The minimum atomic E-state index is -0.384. The highest BCUT2D eigenvalue weighted by Gasteiger charge is 2.27. The molecule has 0 aliphatic carbocycles. The summed E-state index contributed by atoms with van der Waals surface area (Å²) in [5.41, 5.74) is 1.92. The zero-order valence-electron chi connectivity index (χ0n) is 13.1. The molecule has 2 aromatic heterocycles. The molecule has 8 heteroatoms. The predicted molar refractivity (Wildman–Crippen MR) is 90.6 cm³/mol. The third kappa shape index (κ3) is 3.23. The summed E-state index contributed by atoms with van der Waals surface area (Å²) in [5.74, 6) is 0.254. The van der Waals surface area contributed by atoms with Crippen molar-refractivity contribution in [1.29, 1.82) is 0 Å². The van der Waals surface area contributed by atoms with E-state index in [0.29, 0.717) is 23.7 Å². The number of hydrogen-bond acceptors (Lipinski definition) is 6. The van der Waals surface area contributed by atoms with Gasteiger partial charge in [-0.25, -0.2) is 0 Å². The number of aromatic amines is 1. The minimum absolute atomic E-state index is 0.163. The van der Waals surface area contributed by atoms with E-state index in [1.165, 1.54) is 0 Å². The molecule has 124 valence electrons. The van der Waals surface area contributed by atoms with Crippen LogP contribution in [-0.4, -0.2) is 31.8 Å². The molecule has 1 atom stereocenters. The van der Waals surface area contributed by atoms with E-state index in [2.05, 4.69) is 30.6 Å². The molecule has 1 amide bonds. The lowest BCUT2D eigenvalue weighted by atomic mass is 10.0. The van der Waals surface area contributed by atoms with Gasteiger partial charge in [-0.05, 0) is 17.7 Å². The molecule has 1 unspecified atom stereocenters. The van der Waals surface area contributed by atoms with E-state index in [4.69, 9.17) is 4.84 Å². The summed E-state index contributed by atoms with van der Waals surface area (Å²) in [6.07, 6.45) is 1.80. The first kappa shape index (κ1) is 15.0. The maximum Gasteiger partial charge on any atom is 0.276 e. The van der Waals surface area contributed by atoms with Gasteiger partial charge in [0, 0.05) is 12.6 Å². The normalized spacial score (nSPS) is 16.2. The molecular weight excluding hydrogens is 320 g/mol. The SMILES string of the molecule is O=C(Nc1n[nH]c(-c2ccccn2)n1)C1=NOC(c2ccccc2)C1. The van der Waals surface area contributed by atoms with Gasteiger partial charge in [0.2, 0.25) is 5.95 Å². The van der Waals surface area contributed by atoms with Gasteiger partial charge in [-0.1, -0.05) is 41.6 Å². The fourth-order valence-electron chi connectivity index (χ4n) is 2.47. The van der Waals surface area contributed by atoms with Crippen LogP contribution >= 0.6 is 0 Å².